The highest BCUT2D eigenvalue weighted by Crippen LogP contribution is 2.26. The van der Waals surface area contributed by atoms with Gasteiger partial charge in [0.1, 0.15) is 0 Å². The van der Waals surface area contributed by atoms with Gasteiger partial charge in [0.15, 0.2) is 0 Å². The number of amides is 1. The number of sulfonamides is 1. The summed E-state index contributed by atoms with van der Waals surface area (Å²) in [4.78, 5) is 12.5. The minimum Gasteiger partial charge on any atom is -0.352 e. The quantitative estimate of drug-likeness (QED) is 0.584. The van der Waals surface area contributed by atoms with Crippen LogP contribution in [0.25, 0.3) is 0 Å². The van der Waals surface area contributed by atoms with E-state index in [9.17, 15) is 13.2 Å². The van der Waals surface area contributed by atoms with Crippen LogP contribution in [0.4, 0.5) is 0 Å². The standard InChI is InChI=1S/C20H20Cl4N2O3S/c21-16-3-2-15(18(23)10-16)11-25-20(27)14-5-7-26(8-6-14)30(28,29)12-13-1-4-17(22)19(24)9-13/h1-4,9-10,14H,5-8,11-12H2,(H,25,27). The minimum absolute atomic E-state index is 0.109. The van der Waals surface area contributed by atoms with E-state index in [2.05, 4.69) is 5.32 Å². The molecule has 0 saturated carbocycles. The predicted molar refractivity (Wildman–Crippen MR) is 122 cm³/mol. The molecule has 0 aliphatic carbocycles. The Bertz CT molecular complexity index is 1040. The van der Waals surface area contributed by atoms with E-state index in [0.29, 0.717) is 58.1 Å². The number of carbonyl (C=O) groups excluding carboxylic acids is 1. The van der Waals surface area contributed by atoms with Crippen LogP contribution in [0.3, 0.4) is 0 Å². The molecule has 1 aliphatic heterocycles. The molecule has 0 unspecified atom stereocenters. The lowest BCUT2D eigenvalue weighted by Gasteiger charge is -2.30. The lowest BCUT2D eigenvalue weighted by Crippen LogP contribution is -2.43. The maximum atomic E-state index is 12.7. The van der Waals surface area contributed by atoms with Crippen LogP contribution < -0.4 is 5.32 Å². The second kappa shape index (κ2) is 10.1. The highest BCUT2D eigenvalue weighted by Gasteiger charge is 2.31. The molecule has 0 aromatic heterocycles. The van der Waals surface area contributed by atoms with Crippen molar-refractivity contribution in [3.63, 3.8) is 0 Å². The van der Waals surface area contributed by atoms with Crippen LogP contribution in [0.5, 0.6) is 0 Å². The fourth-order valence-electron chi connectivity index (χ4n) is 3.32. The molecule has 0 atom stereocenters. The van der Waals surface area contributed by atoms with E-state index in [-0.39, 0.29) is 17.6 Å². The molecule has 1 N–H and O–H groups in total. The second-order valence-electron chi connectivity index (χ2n) is 7.13. The Morgan fingerprint density at radius 1 is 0.967 bits per heavy atom. The second-order valence-corrected chi connectivity index (χ2v) is 10.8. The normalized spacial score (nSPS) is 15.9. The molecule has 1 heterocycles. The van der Waals surface area contributed by atoms with Crippen LogP contribution in [0.2, 0.25) is 20.1 Å². The highest BCUT2D eigenvalue weighted by atomic mass is 35.5. The summed E-state index contributed by atoms with van der Waals surface area (Å²) in [6.45, 7) is 0.886. The number of hydrogen-bond acceptors (Lipinski definition) is 3. The summed E-state index contributed by atoms with van der Waals surface area (Å²) in [6.07, 6.45) is 0.918. The van der Waals surface area contributed by atoms with E-state index in [0.717, 1.165) is 5.56 Å². The zero-order valence-corrected chi connectivity index (χ0v) is 19.7. The van der Waals surface area contributed by atoms with Crippen molar-refractivity contribution in [2.24, 2.45) is 5.92 Å². The van der Waals surface area contributed by atoms with Crippen molar-refractivity contribution in [2.45, 2.75) is 25.1 Å². The van der Waals surface area contributed by atoms with Crippen molar-refractivity contribution < 1.29 is 13.2 Å². The van der Waals surface area contributed by atoms with Crippen LogP contribution in [0.15, 0.2) is 36.4 Å². The molecule has 30 heavy (non-hydrogen) atoms. The van der Waals surface area contributed by atoms with Gasteiger partial charge >= 0.3 is 0 Å². The van der Waals surface area contributed by atoms with Crippen LogP contribution in [-0.4, -0.2) is 31.7 Å². The summed E-state index contributed by atoms with van der Waals surface area (Å²) in [5.74, 6) is -0.509. The van der Waals surface area contributed by atoms with Gasteiger partial charge < -0.3 is 5.32 Å². The number of benzene rings is 2. The first-order chi connectivity index (χ1) is 14.2. The topological polar surface area (TPSA) is 66.5 Å². The molecule has 10 heteroatoms. The number of piperidine rings is 1. The van der Waals surface area contributed by atoms with Crippen LogP contribution >= 0.6 is 46.4 Å². The third-order valence-electron chi connectivity index (χ3n) is 5.02. The summed E-state index contributed by atoms with van der Waals surface area (Å²) in [6, 6.07) is 9.90. The first-order valence-electron chi connectivity index (χ1n) is 9.29. The van der Waals surface area contributed by atoms with Crippen molar-refractivity contribution in [2.75, 3.05) is 13.1 Å². The zero-order chi connectivity index (χ0) is 21.9. The van der Waals surface area contributed by atoms with Crippen molar-refractivity contribution in [1.82, 2.24) is 9.62 Å². The van der Waals surface area contributed by atoms with Gasteiger partial charge in [0.05, 0.1) is 15.8 Å². The lowest BCUT2D eigenvalue weighted by molar-refractivity contribution is -0.126. The third kappa shape index (κ3) is 6.02. The van der Waals surface area contributed by atoms with Crippen LogP contribution in [0.1, 0.15) is 24.0 Å². The Balaban J connectivity index is 1.53. The van der Waals surface area contributed by atoms with Gasteiger partial charge in [-0.2, -0.15) is 0 Å². The zero-order valence-electron chi connectivity index (χ0n) is 15.9. The smallest absolute Gasteiger partial charge is 0.223 e. The summed E-state index contributed by atoms with van der Waals surface area (Å²) in [5.41, 5.74) is 1.35. The molecule has 3 rings (SSSR count). The molecule has 0 radical (unpaired) electrons. The lowest BCUT2D eigenvalue weighted by atomic mass is 9.97. The van der Waals surface area contributed by atoms with E-state index >= 15 is 0 Å². The fourth-order valence-corrected chi connectivity index (χ4v) is 5.67. The van der Waals surface area contributed by atoms with Gasteiger partial charge in [-0.25, -0.2) is 12.7 Å². The van der Waals surface area contributed by atoms with Gasteiger partial charge in [-0.3, -0.25) is 4.79 Å². The Kier molecular flexibility index (Phi) is 7.93. The van der Waals surface area contributed by atoms with Gasteiger partial charge in [0.25, 0.3) is 0 Å². The summed E-state index contributed by atoms with van der Waals surface area (Å²) in [5, 5.41) is 4.60. The molecule has 2 aromatic rings. The number of halogens is 4. The fraction of sp³-hybridized carbons (Fsp3) is 0.350. The Hall–Kier alpha value is -1.02. The minimum atomic E-state index is -3.51. The van der Waals surface area contributed by atoms with Crippen molar-refractivity contribution in [3.8, 4) is 0 Å². The molecule has 1 amide bonds. The number of hydrogen-bond donors (Lipinski definition) is 1. The maximum absolute atomic E-state index is 12.7. The summed E-state index contributed by atoms with van der Waals surface area (Å²) < 4.78 is 26.9. The van der Waals surface area contributed by atoms with Gasteiger partial charge in [-0.05, 0) is 48.2 Å². The van der Waals surface area contributed by atoms with Gasteiger partial charge in [0, 0.05) is 35.6 Å². The average Bonchev–Trinajstić information content (AvgIpc) is 2.70. The third-order valence-corrected chi connectivity index (χ3v) is 8.20. The van der Waals surface area contributed by atoms with Gasteiger partial charge in [-0.15, -0.1) is 0 Å². The Morgan fingerprint density at radius 2 is 1.67 bits per heavy atom. The van der Waals surface area contributed by atoms with Gasteiger partial charge in [0.2, 0.25) is 15.9 Å². The number of nitrogens with zero attached hydrogens (tertiary/aromatic N) is 1. The van der Waals surface area contributed by atoms with E-state index < -0.39 is 10.0 Å². The molecule has 5 nitrogen and oxygen atoms in total. The Morgan fingerprint density at radius 3 is 2.30 bits per heavy atom. The maximum Gasteiger partial charge on any atom is 0.223 e. The predicted octanol–water partition coefficient (Wildman–Crippen LogP) is 5.16. The van der Waals surface area contributed by atoms with E-state index in [4.69, 9.17) is 46.4 Å². The van der Waals surface area contributed by atoms with Crippen LogP contribution in [0, 0.1) is 5.92 Å². The van der Waals surface area contributed by atoms with Gasteiger partial charge in [-0.1, -0.05) is 58.5 Å². The van der Waals surface area contributed by atoms with Crippen LogP contribution in [-0.2, 0) is 27.1 Å². The SMILES string of the molecule is O=C(NCc1ccc(Cl)cc1Cl)C1CCN(S(=O)(=O)Cc2ccc(Cl)c(Cl)c2)CC1. The molecule has 1 fully saturated rings. The number of rotatable bonds is 6. The first-order valence-corrected chi connectivity index (χ1v) is 12.4. The largest absolute Gasteiger partial charge is 0.352 e. The number of carbonyl (C=O) groups is 1. The van der Waals surface area contributed by atoms with Crippen molar-refractivity contribution >= 4 is 62.3 Å². The molecule has 162 valence electrons. The average molecular weight is 510 g/mol. The monoisotopic (exact) mass is 508 g/mol. The molecule has 1 aliphatic rings. The molecule has 1 saturated heterocycles. The molecular weight excluding hydrogens is 490 g/mol. The van der Waals surface area contributed by atoms with E-state index in [1.165, 1.54) is 4.31 Å². The molecular formula is C20H20Cl4N2O3S. The summed E-state index contributed by atoms with van der Waals surface area (Å²) in [7, 11) is -3.51. The van der Waals surface area contributed by atoms with E-state index in [1.807, 2.05) is 0 Å². The Labute approximate surface area is 196 Å². The molecule has 0 spiro atoms. The number of nitrogens with one attached hydrogen (secondary N) is 1. The van der Waals surface area contributed by atoms with Crippen molar-refractivity contribution in [1.29, 1.82) is 0 Å². The molecule has 2 aromatic carbocycles. The summed E-state index contributed by atoms with van der Waals surface area (Å²) >= 11 is 23.9. The van der Waals surface area contributed by atoms with E-state index in [1.54, 1.807) is 36.4 Å². The highest BCUT2D eigenvalue weighted by molar-refractivity contribution is 7.88. The molecule has 0 bridgehead atoms. The van der Waals surface area contributed by atoms with Crippen molar-refractivity contribution in [3.05, 3.63) is 67.6 Å². The first kappa shape index (κ1) is 23.6.